The molecular formula is C13H15ClFNO. The first kappa shape index (κ1) is 12.5. The third-order valence-electron chi connectivity index (χ3n) is 3.14. The van der Waals surface area contributed by atoms with Gasteiger partial charge in [-0.1, -0.05) is 11.6 Å². The van der Waals surface area contributed by atoms with Crippen LogP contribution in [-0.4, -0.2) is 24.3 Å². The van der Waals surface area contributed by atoms with Gasteiger partial charge in [0.25, 0.3) is 0 Å². The second kappa shape index (κ2) is 5.61. The van der Waals surface area contributed by atoms with Gasteiger partial charge in [-0.05, 0) is 37.6 Å². The summed E-state index contributed by atoms with van der Waals surface area (Å²) in [7, 11) is 0. The molecule has 0 saturated carbocycles. The van der Waals surface area contributed by atoms with Gasteiger partial charge in [-0.3, -0.25) is 4.90 Å². The van der Waals surface area contributed by atoms with E-state index in [9.17, 15) is 9.18 Å². The molecular weight excluding hydrogens is 241 g/mol. The maximum Gasteiger partial charge on any atom is 0.127 e. The van der Waals surface area contributed by atoms with Crippen LogP contribution >= 0.6 is 11.6 Å². The number of hydrogen-bond donors (Lipinski definition) is 0. The minimum Gasteiger partial charge on any atom is -0.303 e. The van der Waals surface area contributed by atoms with E-state index in [1.54, 1.807) is 12.1 Å². The number of halogens is 2. The van der Waals surface area contributed by atoms with Gasteiger partial charge >= 0.3 is 0 Å². The Hall–Kier alpha value is -0.930. The highest BCUT2D eigenvalue weighted by Crippen LogP contribution is 2.20. The number of nitrogens with zero attached hydrogens (tertiary/aromatic N) is 1. The van der Waals surface area contributed by atoms with Crippen LogP contribution in [0.15, 0.2) is 18.2 Å². The first-order chi connectivity index (χ1) is 8.19. The van der Waals surface area contributed by atoms with Crippen molar-refractivity contribution in [1.82, 2.24) is 4.90 Å². The second-order valence-corrected chi connectivity index (χ2v) is 4.95. The number of carbonyl (C=O) groups excluding carboxylic acids is 1. The van der Waals surface area contributed by atoms with E-state index in [4.69, 9.17) is 11.6 Å². The van der Waals surface area contributed by atoms with Crippen molar-refractivity contribution in [3.8, 4) is 0 Å². The zero-order valence-corrected chi connectivity index (χ0v) is 10.3. The van der Waals surface area contributed by atoms with Crippen LogP contribution in [0.5, 0.6) is 0 Å². The molecule has 0 N–H and O–H groups in total. The minimum atomic E-state index is -0.234. The molecule has 17 heavy (non-hydrogen) atoms. The largest absolute Gasteiger partial charge is 0.303 e. The normalized spacial score (nSPS) is 21.4. The van der Waals surface area contributed by atoms with Gasteiger partial charge < -0.3 is 4.79 Å². The highest BCUT2D eigenvalue weighted by atomic mass is 35.5. The van der Waals surface area contributed by atoms with Crippen molar-refractivity contribution in [3.05, 3.63) is 34.6 Å². The number of benzene rings is 1. The Morgan fingerprint density at radius 1 is 1.53 bits per heavy atom. The summed E-state index contributed by atoms with van der Waals surface area (Å²) in [6.45, 7) is 2.16. The lowest BCUT2D eigenvalue weighted by molar-refractivity contribution is -0.112. The summed E-state index contributed by atoms with van der Waals surface area (Å²) in [6.07, 6.45) is 2.93. The van der Waals surface area contributed by atoms with Crippen LogP contribution in [0.25, 0.3) is 0 Å². The summed E-state index contributed by atoms with van der Waals surface area (Å²) in [6, 6.07) is 4.59. The molecule has 0 aliphatic carbocycles. The predicted octanol–water partition coefficient (Wildman–Crippen LogP) is 2.89. The number of piperidine rings is 1. The average Bonchev–Trinajstić information content (AvgIpc) is 2.34. The molecule has 1 aromatic carbocycles. The number of likely N-dealkylation sites (tertiary alicyclic amines) is 1. The molecule has 2 rings (SSSR count). The molecule has 1 saturated heterocycles. The fourth-order valence-corrected chi connectivity index (χ4v) is 2.45. The number of hydrogen-bond acceptors (Lipinski definition) is 2. The van der Waals surface area contributed by atoms with E-state index in [0.29, 0.717) is 17.1 Å². The van der Waals surface area contributed by atoms with Crippen molar-refractivity contribution in [3.63, 3.8) is 0 Å². The van der Waals surface area contributed by atoms with Crippen LogP contribution < -0.4 is 0 Å². The summed E-state index contributed by atoms with van der Waals surface area (Å²) in [4.78, 5) is 12.9. The van der Waals surface area contributed by atoms with Crippen LogP contribution in [0.4, 0.5) is 4.39 Å². The van der Waals surface area contributed by atoms with Gasteiger partial charge in [0.05, 0.1) is 0 Å². The van der Waals surface area contributed by atoms with Gasteiger partial charge in [-0.2, -0.15) is 0 Å². The summed E-state index contributed by atoms with van der Waals surface area (Å²) in [5, 5.41) is 0.547. The second-order valence-electron chi connectivity index (χ2n) is 4.51. The maximum absolute atomic E-state index is 13.5. The van der Waals surface area contributed by atoms with Crippen LogP contribution in [0, 0.1) is 11.7 Å². The topological polar surface area (TPSA) is 20.3 Å². The van der Waals surface area contributed by atoms with Gasteiger partial charge in [0.2, 0.25) is 0 Å². The Kier molecular flexibility index (Phi) is 4.13. The first-order valence-corrected chi connectivity index (χ1v) is 6.18. The van der Waals surface area contributed by atoms with E-state index >= 15 is 0 Å². The van der Waals surface area contributed by atoms with Gasteiger partial charge in [0.15, 0.2) is 0 Å². The van der Waals surface area contributed by atoms with Crippen LogP contribution in [0.2, 0.25) is 5.02 Å². The zero-order chi connectivity index (χ0) is 12.3. The van der Waals surface area contributed by atoms with Crippen molar-refractivity contribution in [2.45, 2.75) is 19.4 Å². The third kappa shape index (κ3) is 3.27. The quantitative estimate of drug-likeness (QED) is 0.774. The molecule has 1 unspecified atom stereocenters. The van der Waals surface area contributed by atoms with Crippen LogP contribution in [0.3, 0.4) is 0 Å². The SMILES string of the molecule is O=CC1CCCN(Cc2cc(Cl)ccc2F)C1. The Balaban J connectivity index is 2.04. The summed E-state index contributed by atoms with van der Waals surface area (Å²) in [5.41, 5.74) is 0.601. The number of carbonyl (C=O) groups is 1. The van der Waals surface area contributed by atoms with Crippen molar-refractivity contribution < 1.29 is 9.18 Å². The molecule has 0 amide bonds. The lowest BCUT2D eigenvalue weighted by Crippen LogP contribution is -2.35. The van der Waals surface area contributed by atoms with Crippen molar-refractivity contribution in [2.24, 2.45) is 5.92 Å². The molecule has 92 valence electrons. The molecule has 1 fully saturated rings. The molecule has 0 aromatic heterocycles. The molecule has 1 aliphatic rings. The Morgan fingerprint density at radius 3 is 3.12 bits per heavy atom. The van der Waals surface area contributed by atoms with Crippen molar-refractivity contribution >= 4 is 17.9 Å². The van der Waals surface area contributed by atoms with Gasteiger partial charge in [-0.15, -0.1) is 0 Å². The Labute approximate surface area is 105 Å². The van der Waals surface area contributed by atoms with E-state index in [0.717, 1.165) is 32.2 Å². The summed E-state index contributed by atoms with van der Waals surface area (Å²) < 4.78 is 13.5. The van der Waals surface area contributed by atoms with E-state index in [1.165, 1.54) is 6.07 Å². The average molecular weight is 256 g/mol. The predicted molar refractivity (Wildman–Crippen MR) is 65.5 cm³/mol. The molecule has 1 aliphatic heterocycles. The number of rotatable bonds is 3. The highest BCUT2D eigenvalue weighted by Gasteiger charge is 2.20. The zero-order valence-electron chi connectivity index (χ0n) is 9.53. The van der Waals surface area contributed by atoms with E-state index in [1.807, 2.05) is 0 Å². The van der Waals surface area contributed by atoms with Gasteiger partial charge in [0.1, 0.15) is 12.1 Å². The van der Waals surface area contributed by atoms with E-state index in [2.05, 4.69) is 4.90 Å². The van der Waals surface area contributed by atoms with Crippen molar-refractivity contribution in [2.75, 3.05) is 13.1 Å². The van der Waals surface area contributed by atoms with Gasteiger partial charge in [0, 0.05) is 29.6 Å². The Morgan fingerprint density at radius 2 is 2.35 bits per heavy atom. The molecule has 1 aromatic rings. The molecule has 4 heteroatoms. The monoisotopic (exact) mass is 255 g/mol. The summed E-state index contributed by atoms with van der Waals surface area (Å²) >= 11 is 5.85. The molecule has 0 spiro atoms. The smallest absolute Gasteiger partial charge is 0.127 e. The minimum absolute atomic E-state index is 0.0889. The lowest BCUT2D eigenvalue weighted by Gasteiger charge is -2.30. The summed E-state index contributed by atoms with van der Waals surface area (Å²) in [5.74, 6) is -0.145. The molecule has 0 bridgehead atoms. The molecule has 2 nitrogen and oxygen atoms in total. The standard InChI is InChI=1S/C13H15ClFNO/c14-12-3-4-13(15)11(6-12)8-16-5-1-2-10(7-16)9-17/h3-4,6,9-10H,1-2,5,7-8H2. The number of aldehydes is 1. The first-order valence-electron chi connectivity index (χ1n) is 5.80. The van der Waals surface area contributed by atoms with E-state index in [-0.39, 0.29) is 11.7 Å². The highest BCUT2D eigenvalue weighted by molar-refractivity contribution is 6.30. The van der Waals surface area contributed by atoms with E-state index < -0.39 is 0 Å². The van der Waals surface area contributed by atoms with Crippen molar-refractivity contribution in [1.29, 1.82) is 0 Å². The maximum atomic E-state index is 13.5. The van der Waals surface area contributed by atoms with Crippen LogP contribution in [-0.2, 0) is 11.3 Å². The van der Waals surface area contributed by atoms with Crippen LogP contribution in [0.1, 0.15) is 18.4 Å². The third-order valence-corrected chi connectivity index (χ3v) is 3.37. The molecule has 0 radical (unpaired) electrons. The lowest BCUT2D eigenvalue weighted by atomic mass is 9.99. The molecule has 1 heterocycles. The van der Waals surface area contributed by atoms with Gasteiger partial charge in [-0.25, -0.2) is 4.39 Å². The molecule has 1 atom stereocenters. The fraction of sp³-hybridized carbons (Fsp3) is 0.462. The Bertz CT molecular complexity index is 410. The fourth-order valence-electron chi connectivity index (χ4n) is 2.25.